The van der Waals surface area contributed by atoms with Crippen molar-refractivity contribution in [3.63, 3.8) is 0 Å². The second-order valence-corrected chi connectivity index (χ2v) is 0.238. The molecule has 0 aromatic heterocycles. The maximum absolute atomic E-state index is 8.36. The minimum atomic E-state index is -1.50. The van der Waals surface area contributed by atoms with Gasteiger partial charge in [-0.05, 0) is 0 Å². The standard InChI is InChI=1S/HNO3.3H2O.Sc/c2-1(3)4;;;;/h(H,2,3,4);3*1H2;. The molecular weight excluding hydrogens is 155 g/mol. The molecule has 0 unspecified atom stereocenters. The molecule has 1 radical (unpaired) electrons. The average Bonchev–Trinajstić information content (AvgIpc) is 0.811. The molecule has 0 atom stereocenters. The minimum Gasteiger partial charge on any atom is -0.412 e. The van der Waals surface area contributed by atoms with Gasteiger partial charge in [0.25, 0.3) is 5.09 Å². The van der Waals surface area contributed by atoms with Crippen LogP contribution < -0.4 is 0 Å². The van der Waals surface area contributed by atoms with E-state index in [1.807, 2.05) is 0 Å². The van der Waals surface area contributed by atoms with E-state index in [2.05, 4.69) is 0 Å². The van der Waals surface area contributed by atoms with Crippen molar-refractivity contribution in [3.8, 4) is 0 Å². The van der Waals surface area contributed by atoms with Gasteiger partial charge in [-0.15, -0.1) is 10.1 Å². The third-order valence-corrected chi connectivity index (χ3v) is 0. The van der Waals surface area contributed by atoms with Crippen LogP contribution in [0.2, 0.25) is 0 Å². The van der Waals surface area contributed by atoms with Gasteiger partial charge in [-0.2, -0.15) is 0 Å². The van der Waals surface area contributed by atoms with Crippen molar-refractivity contribution in [2.24, 2.45) is 0 Å². The molecule has 7 nitrogen and oxygen atoms in total. The van der Waals surface area contributed by atoms with Crippen LogP contribution in [-0.4, -0.2) is 26.7 Å². The Labute approximate surface area is 63.1 Å². The molecule has 0 rings (SSSR count). The number of hydrogen-bond acceptors (Lipinski definition) is 2. The third-order valence-electron chi connectivity index (χ3n) is 0. The maximum atomic E-state index is 8.36. The average molecular weight is 162 g/mol. The van der Waals surface area contributed by atoms with E-state index in [-0.39, 0.29) is 42.3 Å². The Hall–Kier alpha value is -0.0499. The van der Waals surface area contributed by atoms with Gasteiger partial charge in [-0.3, -0.25) is 0 Å². The summed E-state index contributed by atoms with van der Waals surface area (Å²) in [6.45, 7) is 0. The first kappa shape index (κ1) is 44.1. The van der Waals surface area contributed by atoms with Crippen LogP contribution in [0.3, 0.4) is 0 Å². The summed E-state index contributed by atoms with van der Waals surface area (Å²) in [4.78, 5) is 8.36. The molecule has 0 heterocycles. The first-order valence-corrected chi connectivity index (χ1v) is 0.565. The number of nitrogens with zero attached hydrogens (tertiary/aromatic N) is 1. The monoisotopic (exact) mass is 162 g/mol. The van der Waals surface area contributed by atoms with Crippen LogP contribution >= 0.6 is 0 Å². The molecule has 8 heteroatoms. The van der Waals surface area contributed by atoms with Crippen LogP contribution in [0.4, 0.5) is 0 Å². The molecule has 7 N–H and O–H groups in total. The molecule has 0 bridgehead atoms. The quantitative estimate of drug-likeness (QED) is 0.301. The summed E-state index contributed by atoms with van der Waals surface area (Å²) in [5, 5.41) is 13.6. The third kappa shape index (κ3) is 58600. The van der Waals surface area contributed by atoms with E-state index < -0.39 is 5.09 Å². The second kappa shape index (κ2) is 28.3. The Morgan fingerprint density at radius 1 is 1.25 bits per heavy atom. The molecule has 0 saturated carbocycles. The van der Waals surface area contributed by atoms with Crippen LogP contribution in [-0.2, 0) is 25.8 Å². The fraction of sp³-hybridized carbons (Fsp3) is 0. The molecule has 0 aromatic rings. The van der Waals surface area contributed by atoms with Gasteiger partial charge >= 0.3 is 0 Å². The van der Waals surface area contributed by atoms with Crippen LogP contribution in [0.25, 0.3) is 0 Å². The second-order valence-electron chi connectivity index (χ2n) is 0.238. The molecule has 51 valence electrons. The van der Waals surface area contributed by atoms with Crippen LogP contribution in [0.5, 0.6) is 0 Å². The fourth-order valence-electron chi connectivity index (χ4n) is 0. The van der Waals surface area contributed by atoms with E-state index in [0.29, 0.717) is 0 Å². The molecule has 0 fully saturated rings. The zero-order valence-corrected chi connectivity index (χ0v) is 5.59. The van der Waals surface area contributed by atoms with Gasteiger partial charge in [0.2, 0.25) is 0 Å². The SMILES string of the molecule is O.O.O.O=[N+]([O-])O.[Sc]. The van der Waals surface area contributed by atoms with Crippen molar-refractivity contribution in [2.75, 3.05) is 0 Å². The summed E-state index contributed by atoms with van der Waals surface area (Å²) in [7, 11) is 0. The summed E-state index contributed by atoms with van der Waals surface area (Å²) in [6.07, 6.45) is 0. The Morgan fingerprint density at radius 2 is 1.25 bits per heavy atom. The van der Waals surface area contributed by atoms with E-state index in [1.165, 1.54) is 0 Å². The first-order valence-electron chi connectivity index (χ1n) is 0.565. The van der Waals surface area contributed by atoms with Gasteiger partial charge < -0.3 is 21.6 Å². The van der Waals surface area contributed by atoms with Crippen molar-refractivity contribution in [1.82, 2.24) is 0 Å². The smallest absolute Gasteiger partial charge is 0.291 e. The van der Waals surface area contributed by atoms with Gasteiger partial charge in [0.05, 0.1) is 0 Å². The number of hydrogen-bond donors (Lipinski definition) is 1. The van der Waals surface area contributed by atoms with E-state index in [4.69, 9.17) is 15.3 Å². The summed E-state index contributed by atoms with van der Waals surface area (Å²) >= 11 is 0. The summed E-state index contributed by atoms with van der Waals surface area (Å²) < 4.78 is 0. The van der Waals surface area contributed by atoms with Crippen LogP contribution in [0.15, 0.2) is 0 Å². The molecule has 0 amide bonds. The topological polar surface area (TPSA) is 158 Å². The molecular formula is H7NO6Sc. The van der Waals surface area contributed by atoms with Gasteiger partial charge in [0.15, 0.2) is 0 Å². The molecule has 0 aromatic carbocycles. The van der Waals surface area contributed by atoms with Crippen molar-refractivity contribution in [2.45, 2.75) is 0 Å². The zero-order valence-electron chi connectivity index (χ0n) is 3.79. The Balaban J connectivity index is -0.00000000750. The minimum absolute atomic E-state index is 0. The van der Waals surface area contributed by atoms with E-state index in [0.717, 1.165) is 0 Å². The van der Waals surface area contributed by atoms with Gasteiger partial charge in [0, 0.05) is 25.8 Å². The van der Waals surface area contributed by atoms with Gasteiger partial charge in [-0.1, -0.05) is 0 Å². The Kier molecular flexibility index (Phi) is 156. The van der Waals surface area contributed by atoms with Crippen molar-refractivity contribution in [3.05, 3.63) is 10.1 Å². The largest absolute Gasteiger partial charge is 0.412 e. The van der Waals surface area contributed by atoms with Crippen LogP contribution in [0.1, 0.15) is 0 Å². The molecule has 0 aliphatic carbocycles. The van der Waals surface area contributed by atoms with Crippen molar-refractivity contribution in [1.29, 1.82) is 0 Å². The molecule has 0 aliphatic heterocycles. The molecule has 0 spiro atoms. The van der Waals surface area contributed by atoms with Gasteiger partial charge in [0.1, 0.15) is 0 Å². The predicted octanol–water partition coefficient (Wildman–Crippen LogP) is -2.82. The Morgan fingerprint density at radius 3 is 1.25 bits per heavy atom. The van der Waals surface area contributed by atoms with Gasteiger partial charge in [-0.25, -0.2) is 0 Å². The molecule has 8 heavy (non-hydrogen) atoms. The van der Waals surface area contributed by atoms with E-state index in [1.54, 1.807) is 0 Å². The zero-order chi connectivity index (χ0) is 3.58. The number of rotatable bonds is 0. The maximum Gasteiger partial charge on any atom is 0.291 e. The first-order chi connectivity index (χ1) is 1.73. The predicted molar refractivity (Wildman–Crippen MR) is 19.6 cm³/mol. The van der Waals surface area contributed by atoms with E-state index in [9.17, 15) is 0 Å². The molecule has 0 saturated heterocycles. The van der Waals surface area contributed by atoms with Crippen LogP contribution in [0, 0.1) is 10.1 Å². The summed E-state index contributed by atoms with van der Waals surface area (Å²) in [5.41, 5.74) is 0. The molecule has 0 aliphatic rings. The summed E-state index contributed by atoms with van der Waals surface area (Å²) in [5.74, 6) is 0. The fourth-order valence-corrected chi connectivity index (χ4v) is 0. The summed E-state index contributed by atoms with van der Waals surface area (Å²) in [6, 6.07) is 0. The van der Waals surface area contributed by atoms with E-state index >= 15 is 0 Å². The van der Waals surface area contributed by atoms with Crippen molar-refractivity contribution < 1.29 is 52.6 Å². The normalized spacial score (nSPS) is 3.00. The van der Waals surface area contributed by atoms with Crippen molar-refractivity contribution >= 4 is 0 Å². The Bertz CT molecular complexity index is 31.5.